The Kier molecular flexibility index (Phi) is 11.7. The standard InChI is InChI=1S/C34H43Cl2FN6O5/c1-22-21-42(33(44)48-34(2,3)4)8-9-43(22)30-18-28(47-16-12-41-10-14-45-15-11-41)25(20-39-30)23-17-29(32(38)40-19-23)46-13-7-24-26(35)5-6-27(37)31(24)36/h5-6,17-20,22H,7-16,21H2,1-4H3,(H2,38,40)/t22-/m0/s1. The number of aromatic nitrogens is 2. The molecule has 0 radical (unpaired) electrons. The van der Waals surface area contributed by atoms with Crippen LogP contribution in [0.4, 0.5) is 20.8 Å². The molecule has 2 aliphatic rings. The number of ether oxygens (including phenoxy) is 4. The zero-order valence-corrected chi connectivity index (χ0v) is 29.3. The van der Waals surface area contributed by atoms with E-state index in [4.69, 9.17) is 52.9 Å². The first-order valence-corrected chi connectivity index (χ1v) is 16.8. The molecule has 2 aliphatic heterocycles. The number of nitrogens with zero attached hydrogens (tertiary/aromatic N) is 5. The van der Waals surface area contributed by atoms with Crippen LogP contribution in [-0.2, 0) is 15.9 Å². The number of piperazine rings is 1. The molecule has 0 spiro atoms. The van der Waals surface area contributed by atoms with Gasteiger partial charge >= 0.3 is 6.09 Å². The average Bonchev–Trinajstić information content (AvgIpc) is 3.05. The number of hydrogen-bond acceptors (Lipinski definition) is 10. The molecule has 3 aromatic rings. The van der Waals surface area contributed by atoms with Crippen LogP contribution in [0.5, 0.6) is 11.5 Å². The van der Waals surface area contributed by atoms with Gasteiger partial charge in [0.25, 0.3) is 0 Å². The Morgan fingerprint density at radius 2 is 1.79 bits per heavy atom. The van der Waals surface area contributed by atoms with Crippen molar-refractivity contribution in [1.82, 2.24) is 19.8 Å². The van der Waals surface area contributed by atoms with Gasteiger partial charge in [-0.05, 0) is 51.5 Å². The highest BCUT2D eigenvalue weighted by Crippen LogP contribution is 2.36. The van der Waals surface area contributed by atoms with Crippen molar-refractivity contribution < 1.29 is 28.1 Å². The Morgan fingerprint density at radius 3 is 2.52 bits per heavy atom. The van der Waals surface area contributed by atoms with Gasteiger partial charge in [0.05, 0.1) is 24.8 Å². The number of hydrogen-bond donors (Lipinski definition) is 1. The average molecular weight is 706 g/mol. The van der Waals surface area contributed by atoms with Gasteiger partial charge in [0.15, 0.2) is 11.6 Å². The van der Waals surface area contributed by atoms with Crippen LogP contribution >= 0.6 is 23.2 Å². The first kappa shape index (κ1) is 35.7. The van der Waals surface area contributed by atoms with Crippen molar-refractivity contribution in [2.75, 3.05) is 76.3 Å². The van der Waals surface area contributed by atoms with E-state index < -0.39 is 11.4 Å². The van der Waals surface area contributed by atoms with Gasteiger partial charge in [-0.15, -0.1) is 0 Å². The number of morpholine rings is 1. The number of anilines is 2. The van der Waals surface area contributed by atoms with Crippen molar-refractivity contribution in [3.63, 3.8) is 0 Å². The van der Waals surface area contributed by atoms with E-state index in [0.717, 1.165) is 25.5 Å². The second-order valence-electron chi connectivity index (χ2n) is 12.8. The smallest absolute Gasteiger partial charge is 0.410 e. The van der Waals surface area contributed by atoms with Gasteiger partial charge < -0.3 is 34.5 Å². The summed E-state index contributed by atoms with van der Waals surface area (Å²) in [7, 11) is 0. The molecule has 14 heteroatoms. The fraction of sp³-hybridized carbons (Fsp3) is 0.500. The second-order valence-corrected chi connectivity index (χ2v) is 13.6. The summed E-state index contributed by atoms with van der Waals surface area (Å²) in [5.74, 6) is 1.37. The Balaban J connectivity index is 1.35. The summed E-state index contributed by atoms with van der Waals surface area (Å²) >= 11 is 12.4. The number of rotatable bonds is 10. The maximum atomic E-state index is 14.0. The van der Waals surface area contributed by atoms with Crippen LogP contribution in [-0.4, -0.2) is 103 Å². The van der Waals surface area contributed by atoms with Crippen LogP contribution in [0, 0.1) is 5.82 Å². The van der Waals surface area contributed by atoms with E-state index >= 15 is 0 Å². The third-order valence-corrected chi connectivity index (χ3v) is 8.90. The van der Waals surface area contributed by atoms with Crippen LogP contribution in [0.2, 0.25) is 10.0 Å². The van der Waals surface area contributed by atoms with Gasteiger partial charge in [-0.3, -0.25) is 4.90 Å². The lowest BCUT2D eigenvalue weighted by atomic mass is 10.1. The molecule has 11 nitrogen and oxygen atoms in total. The summed E-state index contributed by atoms with van der Waals surface area (Å²) in [6.07, 6.45) is 3.36. The molecule has 4 heterocycles. The molecular formula is C34H43Cl2FN6O5. The Labute approximate surface area is 291 Å². The summed E-state index contributed by atoms with van der Waals surface area (Å²) in [4.78, 5) is 28.1. The molecular weight excluding hydrogens is 662 g/mol. The number of pyridine rings is 2. The van der Waals surface area contributed by atoms with Crippen molar-refractivity contribution in [3.8, 4) is 22.6 Å². The minimum Gasteiger partial charge on any atom is -0.491 e. The lowest BCUT2D eigenvalue weighted by molar-refractivity contribution is 0.0218. The molecule has 0 unspecified atom stereocenters. The zero-order valence-electron chi connectivity index (χ0n) is 27.8. The third-order valence-electron chi connectivity index (χ3n) is 8.14. The minimum absolute atomic E-state index is 0.0101. The number of nitrogens with two attached hydrogens (primary N) is 1. The highest BCUT2D eigenvalue weighted by Gasteiger charge is 2.31. The van der Waals surface area contributed by atoms with Crippen LogP contribution in [0.1, 0.15) is 33.3 Å². The number of nitrogen functional groups attached to an aromatic ring is 1. The zero-order chi connectivity index (χ0) is 34.4. The largest absolute Gasteiger partial charge is 0.491 e. The van der Waals surface area contributed by atoms with E-state index in [2.05, 4.69) is 21.7 Å². The van der Waals surface area contributed by atoms with Gasteiger partial charge in [-0.1, -0.05) is 23.2 Å². The predicted molar refractivity (Wildman–Crippen MR) is 185 cm³/mol. The number of carbonyl (C=O) groups is 1. The Morgan fingerprint density at radius 1 is 1.04 bits per heavy atom. The summed E-state index contributed by atoms with van der Waals surface area (Å²) in [6, 6.07) is 6.40. The Hall–Kier alpha value is -3.58. The third kappa shape index (κ3) is 9.10. The lowest BCUT2D eigenvalue weighted by Crippen LogP contribution is -2.54. The van der Waals surface area contributed by atoms with Crippen molar-refractivity contribution in [2.45, 2.75) is 45.8 Å². The first-order chi connectivity index (χ1) is 22.9. The lowest BCUT2D eigenvalue weighted by Gasteiger charge is -2.40. The van der Waals surface area contributed by atoms with E-state index in [9.17, 15) is 9.18 Å². The second kappa shape index (κ2) is 15.8. The van der Waals surface area contributed by atoms with Crippen molar-refractivity contribution in [1.29, 1.82) is 0 Å². The van der Waals surface area contributed by atoms with E-state index in [1.54, 1.807) is 23.4 Å². The summed E-state index contributed by atoms with van der Waals surface area (Å²) in [5.41, 5.74) is 7.49. The highest BCUT2D eigenvalue weighted by molar-refractivity contribution is 6.36. The first-order valence-electron chi connectivity index (χ1n) is 16.1. The summed E-state index contributed by atoms with van der Waals surface area (Å²) in [6.45, 7) is 13.7. The molecule has 2 saturated heterocycles. The summed E-state index contributed by atoms with van der Waals surface area (Å²) < 4.78 is 37.5. The molecule has 260 valence electrons. The normalized spacial score (nSPS) is 17.4. The molecule has 1 amide bonds. The van der Waals surface area contributed by atoms with Crippen molar-refractivity contribution >= 4 is 40.9 Å². The van der Waals surface area contributed by atoms with E-state index in [1.807, 2.05) is 26.8 Å². The fourth-order valence-electron chi connectivity index (χ4n) is 5.60. The van der Waals surface area contributed by atoms with E-state index in [-0.39, 0.29) is 36.0 Å². The molecule has 0 bridgehead atoms. The molecule has 0 saturated carbocycles. The van der Waals surface area contributed by atoms with E-state index in [0.29, 0.717) is 72.7 Å². The number of carbonyl (C=O) groups excluding carboxylic acids is 1. The van der Waals surface area contributed by atoms with Crippen molar-refractivity contribution in [2.24, 2.45) is 0 Å². The molecule has 5 rings (SSSR count). The quantitative estimate of drug-likeness (QED) is 0.254. The molecule has 2 N–H and O–H groups in total. The Bertz CT molecular complexity index is 1590. The summed E-state index contributed by atoms with van der Waals surface area (Å²) in [5, 5.41) is 0.326. The van der Waals surface area contributed by atoms with Crippen LogP contribution in [0.3, 0.4) is 0 Å². The van der Waals surface area contributed by atoms with E-state index in [1.165, 1.54) is 12.1 Å². The maximum Gasteiger partial charge on any atom is 0.410 e. The fourth-order valence-corrected chi connectivity index (χ4v) is 6.16. The number of benzene rings is 1. The highest BCUT2D eigenvalue weighted by atomic mass is 35.5. The molecule has 1 aromatic carbocycles. The van der Waals surface area contributed by atoms with Gasteiger partial charge in [0, 0.05) is 86.3 Å². The molecule has 2 aromatic heterocycles. The van der Waals surface area contributed by atoms with Crippen LogP contribution in [0.15, 0.2) is 36.7 Å². The van der Waals surface area contributed by atoms with Gasteiger partial charge in [-0.2, -0.15) is 0 Å². The number of amides is 1. The molecule has 2 fully saturated rings. The monoisotopic (exact) mass is 704 g/mol. The SMILES string of the molecule is C[C@H]1CN(C(=O)OC(C)(C)C)CCN1c1cc(OCCN2CCOCC2)c(-c2cnc(N)c(OCCc3c(Cl)ccc(F)c3Cl)c2)cn1. The van der Waals surface area contributed by atoms with Gasteiger partial charge in [0.1, 0.15) is 29.6 Å². The molecule has 0 aliphatic carbocycles. The predicted octanol–water partition coefficient (Wildman–Crippen LogP) is 5.95. The molecule has 1 atom stereocenters. The topological polar surface area (TPSA) is 116 Å². The van der Waals surface area contributed by atoms with Crippen LogP contribution < -0.4 is 20.1 Å². The van der Waals surface area contributed by atoms with Crippen molar-refractivity contribution in [3.05, 3.63) is 58.1 Å². The molecule has 48 heavy (non-hydrogen) atoms. The van der Waals surface area contributed by atoms with Gasteiger partial charge in [0.2, 0.25) is 0 Å². The van der Waals surface area contributed by atoms with Crippen LogP contribution in [0.25, 0.3) is 11.1 Å². The number of halogens is 3. The maximum absolute atomic E-state index is 14.0. The minimum atomic E-state index is -0.563. The van der Waals surface area contributed by atoms with Gasteiger partial charge in [-0.25, -0.2) is 19.2 Å².